The van der Waals surface area contributed by atoms with Gasteiger partial charge in [-0.1, -0.05) is 18.2 Å². The van der Waals surface area contributed by atoms with Gasteiger partial charge in [0.15, 0.2) is 5.78 Å². The molecular formula is C23H23N3O3. The van der Waals surface area contributed by atoms with Crippen LogP contribution in [0.15, 0.2) is 59.7 Å². The van der Waals surface area contributed by atoms with Gasteiger partial charge in [-0.15, -0.1) is 0 Å². The van der Waals surface area contributed by atoms with Gasteiger partial charge >= 0.3 is 0 Å². The smallest absolute Gasteiger partial charge is 0.242 e. The summed E-state index contributed by atoms with van der Waals surface area (Å²) in [6.07, 6.45) is 3.78. The van der Waals surface area contributed by atoms with Crippen molar-refractivity contribution in [2.75, 3.05) is 26.3 Å². The Bertz CT molecular complexity index is 1060. The predicted molar refractivity (Wildman–Crippen MR) is 113 cm³/mol. The quantitative estimate of drug-likeness (QED) is 0.496. The van der Waals surface area contributed by atoms with Gasteiger partial charge in [-0.05, 0) is 37.3 Å². The predicted octanol–water partition coefficient (Wildman–Crippen LogP) is 3.45. The number of para-hydroxylation sites is 1. The summed E-state index contributed by atoms with van der Waals surface area (Å²) in [5, 5.41) is 1.05. The first-order chi connectivity index (χ1) is 14.1. The molecule has 0 radical (unpaired) electrons. The minimum atomic E-state index is 0.0357. The lowest BCUT2D eigenvalue weighted by Crippen LogP contribution is -2.42. The molecule has 1 aromatic heterocycles. The van der Waals surface area contributed by atoms with Gasteiger partial charge in [0, 0.05) is 47.5 Å². The number of hydrogen-bond acceptors (Lipinski definition) is 4. The summed E-state index contributed by atoms with van der Waals surface area (Å²) in [6.45, 7) is 4.31. The molecule has 6 heteroatoms. The molecule has 0 spiro atoms. The molecule has 6 nitrogen and oxygen atoms in total. The molecule has 0 atom stereocenters. The van der Waals surface area contributed by atoms with Crippen molar-refractivity contribution in [3.8, 4) is 0 Å². The Labute approximate surface area is 169 Å². The second-order valence-corrected chi connectivity index (χ2v) is 7.08. The van der Waals surface area contributed by atoms with Crippen LogP contribution in [0.5, 0.6) is 0 Å². The molecule has 0 unspecified atom stereocenters. The Morgan fingerprint density at radius 3 is 2.52 bits per heavy atom. The molecule has 0 aliphatic carbocycles. The standard InChI is InChI=1S/C23H23N3O3/c1-17(27)18-6-8-20(9-7-18)24-14-19-15-26(22-5-3-2-4-21(19)22)16-23(28)25-10-12-29-13-11-25/h2-9,14-15H,10-13,16H2,1H3. The SMILES string of the molecule is CC(=O)c1ccc(N=Cc2cn(CC(=O)N3CCOCC3)c3ccccc23)cc1. The number of rotatable bonds is 5. The van der Waals surface area contributed by atoms with Crippen LogP contribution in [0.2, 0.25) is 0 Å². The number of carbonyl (C=O) groups is 2. The minimum absolute atomic E-state index is 0.0357. The highest BCUT2D eigenvalue weighted by molar-refractivity contribution is 6.00. The Hall–Kier alpha value is -3.25. The van der Waals surface area contributed by atoms with E-state index >= 15 is 0 Å². The largest absolute Gasteiger partial charge is 0.378 e. The Balaban J connectivity index is 1.58. The fourth-order valence-corrected chi connectivity index (χ4v) is 3.49. The highest BCUT2D eigenvalue weighted by atomic mass is 16.5. The molecule has 1 amide bonds. The van der Waals surface area contributed by atoms with Gasteiger partial charge in [-0.3, -0.25) is 14.6 Å². The van der Waals surface area contributed by atoms with Crippen LogP contribution in [0, 0.1) is 0 Å². The number of ketones is 1. The van der Waals surface area contributed by atoms with E-state index in [4.69, 9.17) is 4.74 Å². The van der Waals surface area contributed by atoms with Gasteiger partial charge in [-0.25, -0.2) is 0 Å². The first-order valence-electron chi connectivity index (χ1n) is 9.70. The number of aliphatic imine (C=N–C) groups is 1. The first-order valence-corrected chi connectivity index (χ1v) is 9.70. The Morgan fingerprint density at radius 2 is 1.79 bits per heavy atom. The zero-order valence-electron chi connectivity index (χ0n) is 16.4. The second-order valence-electron chi connectivity index (χ2n) is 7.08. The van der Waals surface area contributed by atoms with Crippen LogP contribution in [-0.4, -0.2) is 53.7 Å². The average molecular weight is 389 g/mol. The fraction of sp³-hybridized carbons (Fsp3) is 0.261. The molecule has 0 saturated carbocycles. The molecule has 1 saturated heterocycles. The van der Waals surface area contributed by atoms with E-state index in [0.717, 1.165) is 22.2 Å². The lowest BCUT2D eigenvalue weighted by Gasteiger charge is -2.27. The van der Waals surface area contributed by atoms with Crippen molar-refractivity contribution < 1.29 is 14.3 Å². The molecule has 29 heavy (non-hydrogen) atoms. The zero-order chi connectivity index (χ0) is 20.2. The van der Waals surface area contributed by atoms with Crippen LogP contribution in [0.3, 0.4) is 0 Å². The average Bonchev–Trinajstić information content (AvgIpc) is 3.10. The van der Waals surface area contributed by atoms with Gasteiger partial charge in [-0.2, -0.15) is 0 Å². The van der Waals surface area contributed by atoms with E-state index in [9.17, 15) is 9.59 Å². The number of benzene rings is 2. The molecule has 2 aromatic carbocycles. The fourth-order valence-electron chi connectivity index (χ4n) is 3.49. The van der Waals surface area contributed by atoms with Crippen molar-refractivity contribution in [1.82, 2.24) is 9.47 Å². The van der Waals surface area contributed by atoms with E-state index in [1.54, 1.807) is 25.3 Å². The van der Waals surface area contributed by atoms with Gasteiger partial charge in [0.1, 0.15) is 6.54 Å². The number of morpholine rings is 1. The number of carbonyl (C=O) groups excluding carboxylic acids is 2. The number of ether oxygens (including phenoxy) is 1. The third-order valence-corrected chi connectivity index (χ3v) is 5.12. The Kier molecular flexibility index (Phi) is 5.53. The number of nitrogens with zero attached hydrogens (tertiary/aromatic N) is 3. The van der Waals surface area contributed by atoms with E-state index in [1.165, 1.54) is 0 Å². The Morgan fingerprint density at radius 1 is 1.07 bits per heavy atom. The van der Waals surface area contributed by atoms with Crippen LogP contribution < -0.4 is 0 Å². The number of Topliss-reactive ketones (excluding diaryl/α,β-unsaturated/α-hetero) is 1. The van der Waals surface area contributed by atoms with E-state index in [2.05, 4.69) is 4.99 Å². The van der Waals surface area contributed by atoms with E-state index in [0.29, 0.717) is 38.4 Å². The van der Waals surface area contributed by atoms with Crippen molar-refractivity contribution in [2.45, 2.75) is 13.5 Å². The van der Waals surface area contributed by atoms with E-state index in [-0.39, 0.29) is 11.7 Å². The zero-order valence-corrected chi connectivity index (χ0v) is 16.4. The summed E-state index contributed by atoms with van der Waals surface area (Å²) in [5.74, 6) is 0.130. The molecule has 2 heterocycles. The van der Waals surface area contributed by atoms with Crippen LogP contribution >= 0.6 is 0 Å². The first kappa shape index (κ1) is 19.1. The van der Waals surface area contributed by atoms with Gasteiger partial charge in [0.05, 0.1) is 18.9 Å². The monoisotopic (exact) mass is 389 g/mol. The maximum absolute atomic E-state index is 12.7. The molecule has 148 valence electrons. The van der Waals surface area contributed by atoms with Crippen LogP contribution in [0.4, 0.5) is 5.69 Å². The van der Waals surface area contributed by atoms with Crippen LogP contribution in [0.25, 0.3) is 10.9 Å². The topological polar surface area (TPSA) is 63.9 Å². The van der Waals surface area contributed by atoms with Gasteiger partial charge < -0.3 is 14.2 Å². The van der Waals surface area contributed by atoms with Crippen LogP contribution in [-0.2, 0) is 16.1 Å². The third kappa shape index (κ3) is 4.27. The second kappa shape index (κ2) is 8.41. The van der Waals surface area contributed by atoms with Crippen LogP contribution in [0.1, 0.15) is 22.8 Å². The summed E-state index contributed by atoms with van der Waals surface area (Å²) >= 11 is 0. The third-order valence-electron chi connectivity index (χ3n) is 5.12. The number of hydrogen-bond donors (Lipinski definition) is 0. The summed E-state index contributed by atoms with van der Waals surface area (Å²) in [5.41, 5.74) is 3.40. The maximum atomic E-state index is 12.7. The van der Waals surface area contributed by atoms with Gasteiger partial charge in [0.25, 0.3) is 0 Å². The molecule has 3 aromatic rings. The number of amides is 1. The molecule has 0 bridgehead atoms. The molecular weight excluding hydrogens is 366 g/mol. The lowest BCUT2D eigenvalue weighted by molar-refractivity contribution is -0.135. The summed E-state index contributed by atoms with van der Waals surface area (Å²) in [4.78, 5) is 30.5. The maximum Gasteiger partial charge on any atom is 0.242 e. The molecule has 1 aliphatic heterocycles. The summed E-state index contributed by atoms with van der Waals surface area (Å²) in [7, 11) is 0. The van der Waals surface area contributed by atoms with Gasteiger partial charge in [0.2, 0.25) is 5.91 Å². The molecule has 0 N–H and O–H groups in total. The number of aromatic nitrogens is 1. The summed E-state index contributed by atoms with van der Waals surface area (Å²) < 4.78 is 7.31. The summed E-state index contributed by atoms with van der Waals surface area (Å²) in [6, 6.07) is 15.2. The van der Waals surface area contributed by atoms with Crippen molar-refractivity contribution in [3.05, 3.63) is 65.9 Å². The highest BCUT2D eigenvalue weighted by Gasteiger charge is 2.18. The normalized spacial score (nSPS) is 14.6. The highest BCUT2D eigenvalue weighted by Crippen LogP contribution is 2.22. The number of fused-ring (bicyclic) bond motifs is 1. The van der Waals surface area contributed by atoms with Crippen molar-refractivity contribution in [3.63, 3.8) is 0 Å². The minimum Gasteiger partial charge on any atom is -0.378 e. The van der Waals surface area contributed by atoms with E-state index < -0.39 is 0 Å². The van der Waals surface area contributed by atoms with Crippen molar-refractivity contribution in [2.24, 2.45) is 4.99 Å². The molecule has 1 aliphatic rings. The lowest BCUT2D eigenvalue weighted by atomic mass is 10.1. The molecule has 1 fully saturated rings. The van der Waals surface area contributed by atoms with Crippen molar-refractivity contribution in [1.29, 1.82) is 0 Å². The van der Waals surface area contributed by atoms with Crippen molar-refractivity contribution >= 4 is 34.5 Å². The van der Waals surface area contributed by atoms with E-state index in [1.807, 2.05) is 52.1 Å². The molecule has 4 rings (SSSR count).